The van der Waals surface area contributed by atoms with Gasteiger partial charge < -0.3 is 4.74 Å². The van der Waals surface area contributed by atoms with E-state index in [0.717, 1.165) is 24.8 Å². The summed E-state index contributed by atoms with van der Waals surface area (Å²) in [5.74, 6) is 0.376. The minimum Gasteiger partial charge on any atom is -0.466 e. The fourth-order valence-electron chi connectivity index (χ4n) is 2.18. The highest BCUT2D eigenvalue weighted by Crippen LogP contribution is 2.32. The van der Waals surface area contributed by atoms with E-state index in [1.807, 2.05) is 12.1 Å². The maximum atomic E-state index is 11.3. The number of carbonyl (C=O) groups excluding carboxylic acids is 1. The molecule has 0 bridgehead atoms. The highest BCUT2D eigenvalue weighted by Gasteiger charge is 2.19. The van der Waals surface area contributed by atoms with Crippen LogP contribution in [0.25, 0.3) is 0 Å². The second kappa shape index (κ2) is 4.97. The summed E-state index contributed by atoms with van der Waals surface area (Å²) in [4.78, 5) is 11.3. The third-order valence-electron chi connectivity index (χ3n) is 3.13. The fourth-order valence-corrected chi connectivity index (χ4v) is 2.18. The molecule has 0 unspecified atom stereocenters. The van der Waals surface area contributed by atoms with E-state index in [-0.39, 0.29) is 5.97 Å². The van der Waals surface area contributed by atoms with Crippen molar-refractivity contribution in [1.82, 2.24) is 0 Å². The van der Waals surface area contributed by atoms with Crippen LogP contribution in [0.1, 0.15) is 30.7 Å². The van der Waals surface area contributed by atoms with Gasteiger partial charge in [-0.15, -0.1) is 0 Å². The minimum absolute atomic E-state index is 0.175. The molecule has 0 N–H and O–H groups in total. The van der Waals surface area contributed by atoms with Crippen molar-refractivity contribution in [2.75, 3.05) is 7.11 Å². The number of methoxy groups -OCH3 is 1. The molecular weight excluding hydrogens is 200 g/mol. The standard InChI is InChI=1S/C14H16O2/c1-16-14(15)13-9-7-12(8-10-13)11-5-3-2-4-6-11/h2-6,9,12H,7-8,10H2,1H3/t12-/m1/s1. The lowest BCUT2D eigenvalue weighted by Crippen LogP contribution is -2.11. The predicted molar refractivity (Wildman–Crippen MR) is 63.1 cm³/mol. The van der Waals surface area contributed by atoms with Gasteiger partial charge in [-0.25, -0.2) is 4.79 Å². The van der Waals surface area contributed by atoms with Crippen molar-refractivity contribution in [2.45, 2.75) is 25.2 Å². The normalized spacial score (nSPS) is 20.1. The monoisotopic (exact) mass is 216 g/mol. The largest absolute Gasteiger partial charge is 0.466 e. The first-order valence-corrected chi connectivity index (χ1v) is 5.63. The molecule has 1 aromatic rings. The summed E-state index contributed by atoms with van der Waals surface area (Å²) in [6.07, 6.45) is 4.82. The van der Waals surface area contributed by atoms with Crippen molar-refractivity contribution in [2.24, 2.45) is 0 Å². The molecule has 1 aliphatic carbocycles. The maximum Gasteiger partial charge on any atom is 0.333 e. The Morgan fingerprint density at radius 2 is 2.06 bits per heavy atom. The molecule has 2 rings (SSSR count). The number of carbonyl (C=O) groups is 1. The number of hydrogen-bond donors (Lipinski definition) is 0. The van der Waals surface area contributed by atoms with Crippen LogP contribution in [0.5, 0.6) is 0 Å². The highest BCUT2D eigenvalue weighted by molar-refractivity contribution is 5.88. The molecule has 2 heteroatoms. The first-order valence-electron chi connectivity index (χ1n) is 5.63. The molecule has 2 nitrogen and oxygen atoms in total. The predicted octanol–water partition coefficient (Wildman–Crippen LogP) is 3.05. The third-order valence-corrected chi connectivity index (χ3v) is 3.13. The van der Waals surface area contributed by atoms with E-state index < -0.39 is 0 Å². The summed E-state index contributed by atoms with van der Waals surface area (Å²) < 4.78 is 4.72. The van der Waals surface area contributed by atoms with Gasteiger partial charge in [0, 0.05) is 5.57 Å². The van der Waals surface area contributed by atoms with E-state index in [4.69, 9.17) is 4.74 Å². The zero-order valence-corrected chi connectivity index (χ0v) is 9.48. The average molecular weight is 216 g/mol. The average Bonchev–Trinajstić information content (AvgIpc) is 2.39. The van der Waals surface area contributed by atoms with E-state index in [1.54, 1.807) is 0 Å². The molecule has 16 heavy (non-hydrogen) atoms. The number of allylic oxidation sites excluding steroid dienone is 1. The first-order chi connectivity index (χ1) is 7.81. The van der Waals surface area contributed by atoms with Gasteiger partial charge in [-0.3, -0.25) is 0 Å². The summed E-state index contributed by atoms with van der Waals surface area (Å²) in [6, 6.07) is 10.5. The molecule has 1 aliphatic rings. The van der Waals surface area contributed by atoms with E-state index in [9.17, 15) is 4.79 Å². The number of hydrogen-bond acceptors (Lipinski definition) is 2. The van der Waals surface area contributed by atoms with Crippen molar-refractivity contribution in [3.8, 4) is 0 Å². The Hall–Kier alpha value is -1.57. The van der Waals surface area contributed by atoms with Crippen molar-refractivity contribution in [3.05, 3.63) is 47.5 Å². The van der Waals surface area contributed by atoms with Gasteiger partial charge >= 0.3 is 5.97 Å². The zero-order chi connectivity index (χ0) is 11.4. The molecular formula is C14H16O2. The van der Waals surface area contributed by atoms with Crippen LogP contribution >= 0.6 is 0 Å². The van der Waals surface area contributed by atoms with Crippen molar-refractivity contribution in [1.29, 1.82) is 0 Å². The Balaban J connectivity index is 2.05. The number of rotatable bonds is 2. The SMILES string of the molecule is COC(=O)C1=CC[C@@H](c2ccccc2)CC1. The summed E-state index contributed by atoms with van der Waals surface area (Å²) in [5.41, 5.74) is 2.19. The maximum absolute atomic E-state index is 11.3. The van der Waals surface area contributed by atoms with Gasteiger partial charge in [-0.1, -0.05) is 36.4 Å². The Bertz CT molecular complexity index is 392. The lowest BCUT2D eigenvalue weighted by atomic mass is 9.85. The minimum atomic E-state index is -0.175. The van der Waals surface area contributed by atoms with E-state index >= 15 is 0 Å². The fraction of sp³-hybridized carbons (Fsp3) is 0.357. The number of esters is 1. The van der Waals surface area contributed by atoms with Gasteiger partial charge in [-0.05, 0) is 30.7 Å². The van der Waals surface area contributed by atoms with Gasteiger partial charge in [0.1, 0.15) is 0 Å². The van der Waals surface area contributed by atoms with Crippen LogP contribution in [0.2, 0.25) is 0 Å². The van der Waals surface area contributed by atoms with E-state index in [1.165, 1.54) is 12.7 Å². The molecule has 0 spiro atoms. The Morgan fingerprint density at radius 3 is 2.62 bits per heavy atom. The number of benzene rings is 1. The summed E-state index contributed by atoms with van der Waals surface area (Å²) in [7, 11) is 1.44. The van der Waals surface area contributed by atoms with Crippen LogP contribution in [0, 0.1) is 0 Å². The third kappa shape index (κ3) is 2.32. The molecule has 0 saturated heterocycles. The lowest BCUT2D eigenvalue weighted by molar-refractivity contribution is -0.136. The van der Waals surface area contributed by atoms with Gasteiger partial charge in [0.25, 0.3) is 0 Å². The smallest absolute Gasteiger partial charge is 0.333 e. The van der Waals surface area contributed by atoms with E-state index in [2.05, 4.69) is 24.3 Å². The summed E-state index contributed by atoms with van der Waals surface area (Å²) in [5, 5.41) is 0. The topological polar surface area (TPSA) is 26.3 Å². The molecule has 0 aromatic heterocycles. The molecule has 0 fully saturated rings. The molecule has 0 radical (unpaired) electrons. The van der Waals surface area contributed by atoms with Crippen LogP contribution in [0.4, 0.5) is 0 Å². The molecule has 0 aliphatic heterocycles. The zero-order valence-electron chi connectivity index (χ0n) is 9.48. The quantitative estimate of drug-likeness (QED) is 0.710. The highest BCUT2D eigenvalue weighted by atomic mass is 16.5. The molecule has 0 amide bonds. The van der Waals surface area contributed by atoms with Crippen molar-refractivity contribution >= 4 is 5.97 Å². The second-order valence-electron chi connectivity index (χ2n) is 4.10. The van der Waals surface area contributed by atoms with Gasteiger partial charge in [0.2, 0.25) is 0 Å². The van der Waals surface area contributed by atoms with Gasteiger partial charge in [0.05, 0.1) is 7.11 Å². The molecule has 1 atom stereocenters. The van der Waals surface area contributed by atoms with Crippen molar-refractivity contribution in [3.63, 3.8) is 0 Å². The summed E-state index contributed by atoms with van der Waals surface area (Å²) >= 11 is 0. The van der Waals surface area contributed by atoms with Gasteiger partial charge in [-0.2, -0.15) is 0 Å². The Kier molecular flexibility index (Phi) is 3.40. The first kappa shape index (κ1) is 10.9. The molecule has 84 valence electrons. The van der Waals surface area contributed by atoms with Crippen LogP contribution in [-0.2, 0) is 9.53 Å². The Labute approximate surface area is 95.9 Å². The Morgan fingerprint density at radius 1 is 1.31 bits per heavy atom. The van der Waals surface area contributed by atoms with Crippen LogP contribution in [-0.4, -0.2) is 13.1 Å². The van der Waals surface area contributed by atoms with Crippen LogP contribution in [0.3, 0.4) is 0 Å². The van der Waals surface area contributed by atoms with Crippen LogP contribution in [0.15, 0.2) is 42.0 Å². The molecule has 1 aromatic carbocycles. The van der Waals surface area contributed by atoms with Crippen LogP contribution < -0.4 is 0 Å². The van der Waals surface area contributed by atoms with Gasteiger partial charge in [0.15, 0.2) is 0 Å². The van der Waals surface area contributed by atoms with Crippen molar-refractivity contribution < 1.29 is 9.53 Å². The molecule has 0 heterocycles. The molecule has 0 saturated carbocycles. The van der Waals surface area contributed by atoms with E-state index in [0.29, 0.717) is 5.92 Å². The lowest BCUT2D eigenvalue weighted by Gasteiger charge is -2.21. The number of ether oxygens (including phenoxy) is 1. The summed E-state index contributed by atoms with van der Waals surface area (Å²) in [6.45, 7) is 0. The second-order valence-corrected chi connectivity index (χ2v) is 4.10.